The van der Waals surface area contributed by atoms with Gasteiger partial charge in [-0.15, -0.1) is 0 Å². The lowest BCUT2D eigenvalue weighted by Crippen LogP contribution is -2.48. The smallest absolute Gasteiger partial charge is 0.320 e. The summed E-state index contributed by atoms with van der Waals surface area (Å²) >= 11 is 0. The molecule has 1 fully saturated rings. The molecule has 1 aliphatic rings. The van der Waals surface area contributed by atoms with Crippen molar-refractivity contribution in [2.24, 2.45) is 0 Å². The van der Waals surface area contributed by atoms with Crippen molar-refractivity contribution in [1.82, 2.24) is 20.2 Å². The molecule has 1 aromatic heterocycles. The zero-order valence-electron chi connectivity index (χ0n) is 10.5. The fourth-order valence-electron chi connectivity index (χ4n) is 1.74. The molecule has 2 heterocycles. The molecule has 1 N–H and O–H groups in total. The molecule has 0 bridgehead atoms. The first-order valence-corrected chi connectivity index (χ1v) is 5.97. The average molecular weight is 269 g/mol. The van der Waals surface area contributed by atoms with Gasteiger partial charge in [-0.2, -0.15) is 5.10 Å². The van der Waals surface area contributed by atoms with Gasteiger partial charge in [0.25, 0.3) is 5.91 Å². The zero-order valence-corrected chi connectivity index (χ0v) is 10.5. The highest BCUT2D eigenvalue weighted by Crippen LogP contribution is 2.16. The van der Waals surface area contributed by atoms with E-state index in [4.69, 9.17) is 4.74 Å². The van der Waals surface area contributed by atoms with E-state index < -0.39 is 10.8 Å². The standard InChI is InChI=1S/C10H15N5O4/c1-2-13-7-8(15(17)18)9(11-13)10(16)12-14-3-5-19-6-4-14/h7H,2-6H2,1H3,(H,12,16). The van der Waals surface area contributed by atoms with Gasteiger partial charge in [0.15, 0.2) is 0 Å². The summed E-state index contributed by atoms with van der Waals surface area (Å²) in [5.74, 6) is -0.569. The van der Waals surface area contributed by atoms with Gasteiger partial charge >= 0.3 is 5.69 Å². The lowest BCUT2D eigenvalue weighted by Gasteiger charge is -2.26. The first-order valence-electron chi connectivity index (χ1n) is 5.97. The van der Waals surface area contributed by atoms with Crippen LogP contribution in [0.15, 0.2) is 6.20 Å². The number of carbonyl (C=O) groups is 1. The second-order valence-electron chi connectivity index (χ2n) is 4.02. The SMILES string of the molecule is CCn1cc([N+](=O)[O-])c(C(=O)NN2CCOCC2)n1. The Morgan fingerprint density at radius 1 is 1.58 bits per heavy atom. The zero-order chi connectivity index (χ0) is 13.8. The summed E-state index contributed by atoms with van der Waals surface area (Å²) in [6, 6.07) is 0. The van der Waals surface area contributed by atoms with E-state index >= 15 is 0 Å². The van der Waals surface area contributed by atoms with Crippen LogP contribution >= 0.6 is 0 Å². The van der Waals surface area contributed by atoms with E-state index in [1.165, 1.54) is 10.9 Å². The molecule has 1 aromatic rings. The molecule has 0 radical (unpaired) electrons. The number of hydrazine groups is 1. The third-order valence-corrected chi connectivity index (χ3v) is 2.75. The largest absolute Gasteiger partial charge is 0.379 e. The van der Waals surface area contributed by atoms with Crippen molar-refractivity contribution in [3.8, 4) is 0 Å². The summed E-state index contributed by atoms with van der Waals surface area (Å²) in [5.41, 5.74) is 2.15. The molecule has 2 rings (SSSR count). The van der Waals surface area contributed by atoms with E-state index in [0.29, 0.717) is 32.8 Å². The Bertz CT molecular complexity index is 480. The Morgan fingerprint density at radius 2 is 2.26 bits per heavy atom. The minimum absolute atomic E-state index is 0.168. The molecular formula is C10H15N5O4. The minimum Gasteiger partial charge on any atom is -0.379 e. The van der Waals surface area contributed by atoms with E-state index in [-0.39, 0.29) is 11.4 Å². The lowest BCUT2D eigenvalue weighted by molar-refractivity contribution is -0.385. The molecule has 1 saturated heterocycles. The maximum absolute atomic E-state index is 12.0. The van der Waals surface area contributed by atoms with Crippen LogP contribution in [-0.2, 0) is 11.3 Å². The second kappa shape index (κ2) is 5.76. The molecule has 0 atom stereocenters. The summed E-state index contributed by atoms with van der Waals surface area (Å²) in [5, 5.41) is 16.5. The van der Waals surface area contributed by atoms with Gasteiger partial charge in [0, 0.05) is 19.6 Å². The molecule has 19 heavy (non-hydrogen) atoms. The highest BCUT2D eigenvalue weighted by molar-refractivity contribution is 5.95. The van der Waals surface area contributed by atoms with Crippen molar-refractivity contribution in [3.63, 3.8) is 0 Å². The van der Waals surface area contributed by atoms with Gasteiger partial charge < -0.3 is 4.74 Å². The van der Waals surface area contributed by atoms with Crippen molar-refractivity contribution in [2.45, 2.75) is 13.5 Å². The second-order valence-corrected chi connectivity index (χ2v) is 4.02. The first kappa shape index (κ1) is 13.4. The van der Waals surface area contributed by atoms with Gasteiger partial charge in [0.1, 0.15) is 6.20 Å². The Hall–Kier alpha value is -2.00. The molecule has 0 unspecified atom stereocenters. The third-order valence-electron chi connectivity index (χ3n) is 2.75. The molecule has 104 valence electrons. The van der Waals surface area contributed by atoms with E-state index in [0.717, 1.165) is 0 Å². The predicted molar refractivity (Wildman–Crippen MR) is 64.4 cm³/mol. The topological polar surface area (TPSA) is 103 Å². The van der Waals surface area contributed by atoms with Crippen LogP contribution in [0.1, 0.15) is 17.4 Å². The van der Waals surface area contributed by atoms with Gasteiger partial charge in [-0.1, -0.05) is 0 Å². The number of hydrogen-bond acceptors (Lipinski definition) is 6. The van der Waals surface area contributed by atoms with Crippen molar-refractivity contribution in [3.05, 3.63) is 22.0 Å². The fourth-order valence-corrected chi connectivity index (χ4v) is 1.74. The van der Waals surface area contributed by atoms with Crippen molar-refractivity contribution < 1.29 is 14.5 Å². The molecule has 0 spiro atoms. The molecule has 0 aliphatic carbocycles. The Balaban J connectivity index is 2.13. The first-order chi connectivity index (χ1) is 9.11. The van der Waals surface area contributed by atoms with Gasteiger partial charge in [0.2, 0.25) is 5.69 Å². The van der Waals surface area contributed by atoms with Crippen LogP contribution in [0.25, 0.3) is 0 Å². The summed E-state index contributed by atoms with van der Waals surface area (Å²) in [4.78, 5) is 22.3. The Morgan fingerprint density at radius 3 is 2.84 bits per heavy atom. The summed E-state index contributed by atoms with van der Waals surface area (Å²) in [6.07, 6.45) is 1.26. The Labute approximate surface area is 109 Å². The number of nitro groups is 1. The Kier molecular flexibility index (Phi) is 4.07. The lowest BCUT2D eigenvalue weighted by atomic mass is 10.3. The average Bonchev–Trinajstić information content (AvgIpc) is 2.84. The van der Waals surface area contributed by atoms with Crippen LogP contribution in [-0.4, -0.2) is 51.9 Å². The van der Waals surface area contributed by atoms with Gasteiger partial charge in [-0.25, -0.2) is 5.01 Å². The van der Waals surface area contributed by atoms with Crippen LogP contribution in [0.5, 0.6) is 0 Å². The van der Waals surface area contributed by atoms with E-state index in [9.17, 15) is 14.9 Å². The number of hydrogen-bond donors (Lipinski definition) is 1. The number of nitrogens with zero attached hydrogens (tertiary/aromatic N) is 4. The number of morpholine rings is 1. The number of aromatic nitrogens is 2. The van der Waals surface area contributed by atoms with Crippen LogP contribution in [0, 0.1) is 10.1 Å². The summed E-state index contributed by atoms with van der Waals surface area (Å²) < 4.78 is 6.52. The molecular weight excluding hydrogens is 254 g/mol. The number of rotatable bonds is 4. The minimum atomic E-state index is -0.604. The van der Waals surface area contributed by atoms with Crippen molar-refractivity contribution in [2.75, 3.05) is 26.3 Å². The number of nitrogens with one attached hydrogen (secondary N) is 1. The fraction of sp³-hybridized carbons (Fsp3) is 0.600. The van der Waals surface area contributed by atoms with Gasteiger partial charge in [-0.3, -0.25) is 25.0 Å². The maximum Gasteiger partial charge on any atom is 0.320 e. The van der Waals surface area contributed by atoms with Crippen molar-refractivity contribution in [1.29, 1.82) is 0 Å². The highest BCUT2D eigenvalue weighted by atomic mass is 16.6. The molecule has 0 saturated carbocycles. The van der Waals surface area contributed by atoms with Crippen LogP contribution in [0.3, 0.4) is 0 Å². The normalized spacial score (nSPS) is 16.3. The number of carbonyl (C=O) groups excluding carboxylic acids is 1. The third kappa shape index (κ3) is 3.06. The number of amides is 1. The molecule has 9 heteroatoms. The van der Waals surface area contributed by atoms with Crippen LogP contribution in [0.2, 0.25) is 0 Å². The van der Waals surface area contributed by atoms with E-state index in [1.54, 1.807) is 11.9 Å². The quantitative estimate of drug-likeness (QED) is 0.599. The predicted octanol–water partition coefficient (Wildman–Crippen LogP) is -0.212. The van der Waals surface area contributed by atoms with Crippen LogP contribution in [0.4, 0.5) is 5.69 Å². The van der Waals surface area contributed by atoms with Gasteiger partial charge in [-0.05, 0) is 6.92 Å². The molecule has 9 nitrogen and oxygen atoms in total. The summed E-state index contributed by atoms with van der Waals surface area (Å²) in [7, 11) is 0. The van der Waals surface area contributed by atoms with Gasteiger partial charge in [0.05, 0.1) is 18.1 Å². The molecule has 1 aliphatic heterocycles. The number of ether oxygens (including phenoxy) is 1. The highest BCUT2D eigenvalue weighted by Gasteiger charge is 2.26. The van der Waals surface area contributed by atoms with E-state index in [1.807, 2.05) is 0 Å². The maximum atomic E-state index is 12.0. The van der Waals surface area contributed by atoms with Crippen LogP contribution < -0.4 is 5.43 Å². The molecule has 1 amide bonds. The monoisotopic (exact) mass is 269 g/mol. The number of aryl methyl sites for hydroxylation is 1. The van der Waals surface area contributed by atoms with E-state index in [2.05, 4.69) is 10.5 Å². The molecule has 0 aromatic carbocycles. The van der Waals surface area contributed by atoms with Crippen molar-refractivity contribution >= 4 is 11.6 Å². The summed E-state index contributed by atoms with van der Waals surface area (Å²) in [6.45, 7) is 4.39.